The van der Waals surface area contributed by atoms with Crippen molar-refractivity contribution < 1.29 is 4.79 Å². The highest BCUT2D eigenvalue weighted by Gasteiger charge is 2.13. The Hall–Kier alpha value is -1.75. The SMILES string of the molecule is CN=C(Cc1c[nH]c2ccc(C)cc12)C(=O)NCSC. The number of nitrogens with zero attached hydrogens (tertiary/aromatic N) is 1. The topological polar surface area (TPSA) is 57.2 Å². The van der Waals surface area contributed by atoms with Crippen molar-refractivity contribution in [2.24, 2.45) is 4.99 Å². The summed E-state index contributed by atoms with van der Waals surface area (Å²) in [6.07, 6.45) is 4.45. The number of aliphatic imine (C=N–C) groups is 1. The minimum absolute atomic E-state index is 0.0937. The third-order valence-corrected chi connectivity index (χ3v) is 3.62. The molecule has 0 fully saturated rings. The molecule has 0 radical (unpaired) electrons. The first kappa shape index (κ1) is 14.7. The van der Waals surface area contributed by atoms with Gasteiger partial charge in [-0.05, 0) is 30.9 Å². The summed E-state index contributed by atoms with van der Waals surface area (Å²) in [5.41, 5.74) is 3.95. The fourth-order valence-corrected chi connectivity index (χ4v) is 2.39. The van der Waals surface area contributed by atoms with Crippen LogP contribution in [-0.4, -0.2) is 35.8 Å². The zero-order valence-electron chi connectivity index (χ0n) is 12.0. The molecule has 0 bridgehead atoms. The normalized spacial score (nSPS) is 11.8. The van der Waals surface area contributed by atoms with Gasteiger partial charge in [0.25, 0.3) is 5.91 Å². The highest BCUT2D eigenvalue weighted by Crippen LogP contribution is 2.20. The monoisotopic (exact) mass is 289 g/mol. The quantitative estimate of drug-likeness (QED) is 0.656. The van der Waals surface area contributed by atoms with E-state index in [9.17, 15) is 4.79 Å². The van der Waals surface area contributed by atoms with E-state index in [0.29, 0.717) is 18.0 Å². The van der Waals surface area contributed by atoms with E-state index in [2.05, 4.69) is 40.4 Å². The lowest BCUT2D eigenvalue weighted by molar-refractivity contribution is -0.114. The van der Waals surface area contributed by atoms with Gasteiger partial charge in [0, 0.05) is 30.6 Å². The summed E-state index contributed by atoms with van der Waals surface area (Å²) >= 11 is 1.58. The van der Waals surface area contributed by atoms with Gasteiger partial charge in [-0.2, -0.15) is 0 Å². The van der Waals surface area contributed by atoms with Crippen molar-refractivity contribution in [3.63, 3.8) is 0 Å². The van der Waals surface area contributed by atoms with Crippen molar-refractivity contribution in [1.82, 2.24) is 10.3 Å². The lowest BCUT2D eigenvalue weighted by Crippen LogP contribution is -2.31. The number of thioether (sulfide) groups is 1. The van der Waals surface area contributed by atoms with Crippen LogP contribution in [0.1, 0.15) is 11.1 Å². The number of nitrogens with one attached hydrogen (secondary N) is 2. The van der Waals surface area contributed by atoms with E-state index in [4.69, 9.17) is 0 Å². The van der Waals surface area contributed by atoms with Gasteiger partial charge in [0.15, 0.2) is 0 Å². The molecule has 5 heteroatoms. The first-order valence-corrected chi connectivity index (χ1v) is 7.84. The standard InChI is InChI=1S/C15H19N3OS/c1-10-4-5-13-12(6-10)11(8-17-13)7-14(16-2)15(19)18-9-20-3/h4-6,8,17H,7,9H2,1-3H3,(H,18,19). The van der Waals surface area contributed by atoms with Gasteiger partial charge in [-0.1, -0.05) is 11.6 Å². The lowest BCUT2D eigenvalue weighted by atomic mass is 10.1. The van der Waals surface area contributed by atoms with E-state index in [1.165, 1.54) is 5.56 Å². The van der Waals surface area contributed by atoms with Crippen LogP contribution in [0.5, 0.6) is 0 Å². The summed E-state index contributed by atoms with van der Waals surface area (Å²) < 4.78 is 0. The molecule has 0 saturated heterocycles. The molecule has 0 aliphatic heterocycles. The maximum Gasteiger partial charge on any atom is 0.266 e. The Morgan fingerprint density at radius 2 is 2.25 bits per heavy atom. The number of fused-ring (bicyclic) bond motifs is 1. The molecular formula is C15H19N3OS. The molecule has 0 atom stereocenters. The summed E-state index contributed by atoms with van der Waals surface area (Å²) in [5.74, 6) is 0.508. The third kappa shape index (κ3) is 3.22. The number of aromatic amines is 1. The second-order valence-corrected chi connectivity index (χ2v) is 5.51. The van der Waals surface area contributed by atoms with Gasteiger partial charge in [-0.15, -0.1) is 11.8 Å². The summed E-state index contributed by atoms with van der Waals surface area (Å²) in [6.45, 7) is 2.07. The van der Waals surface area contributed by atoms with Crippen molar-refractivity contribution in [2.45, 2.75) is 13.3 Å². The van der Waals surface area contributed by atoms with Crippen molar-refractivity contribution >= 4 is 34.3 Å². The molecule has 20 heavy (non-hydrogen) atoms. The van der Waals surface area contributed by atoms with Gasteiger partial charge < -0.3 is 10.3 Å². The molecule has 0 aliphatic carbocycles. The van der Waals surface area contributed by atoms with Gasteiger partial charge in [-0.3, -0.25) is 9.79 Å². The molecule has 1 heterocycles. The zero-order chi connectivity index (χ0) is 14.5. The molecule has 2 N–H and O–H groups in total. The van der Waals surface area contributed by atoms with Gasteiger partial charge in [-0.25, -0.2) is 0 Å². The Kier molecular flexibility index (Phi) is 4.84. The number of carbonyl (C=O) groups is 1. The molecular weight excluding hydrogens is 270 g/mol. The van der Waals surface area contributed by atoms with E-state index in [0.717, 1.165) is 16.5 Å². The molecule has 0 unspecified atom stereocenters. The lowest BCUT2D eigenvalue weighted by Gasteiger charge is -2.06. The van der Waals surface area contributed by atoms with Crippen molar-refractivity contribution in [3.05, 3.63) is 35.5 Å². The number of hydrogen-bond donors (Lipinski definition) is 2. The Balaban J connectivity index is 2.22. The zero-order valence-corrected chi connectivity index (χ0v) is 12.8. The fraction of sp³-hybridized carbons (Fsp3) is 0.333. The van der Waals surface area contributed by atoms with Crippen molar-refractivity contribution in [2.75, 3.05) is 19.2 Å². The number of H-pyrrole nitrogens is 1. The predicted molar refractivity (Wildman–Crippen MR) is 86.6 cm³/mol. The van der Waals surface area contributed by atoms with E-state index in [1.54, 1.807) is 18.8 Å². The minimum Gasteiger partial charge on any atom is -0.361 e. The van der Waals surface area contributed by atoms with Crippen LogP contribution in [-0.2, 0) is 11.2 Å². The van der Waals surface area contributed by atoms with E-state index in [1.807, 2.05) is 12.5 Å². The number of benzene rings is 1. The van der Waals surface area contributed by atoms with Gasteiger partial charge in [0.05, 0.1) is 5.88 Å². The number of rotatable bonds is 5. The van der Waals surface area contributed by atoms with Crippen LogP contribution in [0.4, 0.5) is 0 Å². The molecule has 1 amide bonds. The van der Waals surface area contributed by atoms with Crippen LogP contribution in [0.15, 0.2) is 29.4 Å². The average molecular weight is 289 g/mol. The Morgan fingerprint density at radius 3 is 2.95 bits per heavy atom. The van der Waals surface area contributed by atoms with Gasteiger partial charge >= 0.3 is 0 Å². The molecule has 0 aliphatic rings. The summed E-state index contributed by atoms with van der Waals surface area (Å²) in [7, 11) is 1.66. The van der Waals surface area contributed by atoms with Crippen LogP contribution >= 0.6 is 11.8 Å². The maximum absolute atomic E-state index is 12.0. The summed E-state index contributed by atoms with van der Waals surface area (Å²) in [5, 5.41) is 3.99. The Bertz CT molecular complexity index is 646. The van der Waals surface area contributed by atoms with Crippen LogP contribution in [0.25, 0.3) is 10.9 Å². The number of aromatic nitrogens is 1. The molecule has 1 aromatic carbocycles. The second kappa shape index (κ2) is 6.61. The highest BCUT2D eigenvalue weighted by atomic mass is 32.2. The van der Waals surface area contributed by atoms with E-state index >= 15 is 0 Å². The molecule has 2 rings (SSSR count). The molecule has 1 aromatic heterocycles. The molecule has 4 nitrogen and oxygen atoms in total. The molecule has 0 saturated carbocycles. The number of aryl methyl sites for hydroxylation is 1. The number of carbonyl (C=O) groups excluding carboxylic acids is 1. The van der Waals surface area contributed by atoms with Crippen LogP contribution < -0.4 is 5.32 Å². The first-order chi connectivity index (χ1) is 9.65. The highest BCUT2D eigenvalue weighted by molar-refractivity contribution is 7.98. The number of hydrogen-bond acceptors (Lipinski definition) is 3. The van der Waals surface area contributed by atoms with Gasteiger partial charge in [0.2, 0.25) is 0 Å². The molecule has 106 valence electrons. The largest absolute Gasteiger partial charge is 0.361 e. The number of amides is 1. The van der Waals surface area contributed by atoms with E-state index < -0.39 is 0 Å². The summed E-state index contributed by atoms with van der Waals surface area (Å²) in [6, 6.07) is 6.27. The Labute approximate surface area is 123 Å². The maximum atomic E-state index is 12.0. The van der Waals surface area contributed by atoms with Crippen LogP contribution in [0.2, 0.25) is 0 Å². The van der Waals surface area contributed by atoms with E-state index in [-0.39, 0.29) is 5.91 Å². The second-order valence-electron chi connectivity index (χ2n) is 4.65. The molecule has 2 aromatic rings. The minimum atomic E-state index is -0.0937. The first-order valence-electron chi connectivity index (χ1n) is 6.45. The predicted octanol–water partition coefficient (Wildman–Crippen LogP) is 2.53. The van der Waals surface area contributed by atoms with Crippen molar-refractivity contribution in [3.8, 4) is 0 Å². The molecule has 0 spiro atoms. The van der Waals surface area contributed by atoms with Crippen molar-refractivity contribution in [1.29, 1.82) is 0 Å². The third-order valence-electron chi connectivity index (χ3n) is 3.19. The fourth-order valence-electron chi connectivity index (χ4n) is 2.12. The Morgan fingerprint density at radius 1 is 1.45 bits per heavy atom. The van der Waals surface area contributed by atoms with Gasteiger partial charge in [0.1, 0.15) is 5.71 Å². The van der Waals surface area contributed by atoms with Crippen LogP contribution in [0, 0.1) is 6.92 Å². The summed E-state index contributed by atoms with van der Waals surface area (Å²) in [4.78, 5) is 19.4. The average Bonchev–Trinajstić information content (AvgIpc) is 2.84. The smallest absolute Gasteiger partial charge is 0.266 e. The van der Waals surface area contributed by atoms with Crippen LogP contribution in [0.3, 0.4) is 0 Å².